The van der Waals surface area contributed by atoms with Crippen molar-refractivity contribution in [2.45, 2.75) is 44.6 Å². The standard InChI is InChI=1S/C20H29FN4O2/c21-17-10-16(12-23-13-17)11-20(4-6-22-7-5-20)19-24-26-15-18(27-19)14-25-8-2-1-3-9-25/h10,12-13,18,22H,1-9,11,14-15H2/t18-/m1/s1. The summed E-state index contributed by atoms with van der Waals surface area (Å²) in [5.41, 5.74) is 0.614. The van der Waals surface area contributed by atoms with Crippen LogP contribution in [-0.4, -0.2) is 61.2 Å². The zero-order valence-corrected chi connectivity index (χ0v) is 15.8. The van der Waals surface area contributed by atoms with E-state index in [0.29, 0.717) is 18.9 Å². The highest BCUT2D eigenvalue weighted by Crippen LogP contribution is 2.37. The number of nitrogens with zero attached hydrogens (tertiary/aromatic N) is 3. The Hall–Kier alpha value is -1.73. The van der Waals surface area contributed by atoms with Gasteiger partial charge < -0.3 is 14.9 Å². The number of hydrogen-bond acceptors (Lipinski definition) is 6. The molecule has 0 amide bonds. The summed E-state index contributed by atoms with van der Waals surface area (Å²) in [7, 11) is 0. The number of nitrogens with one attached hydrogen (secondary N) is 1. The Morgan fingerprint density at radius 3 is 2.78 bits per heavy atom. The first-order chi connectivity index (χ1) is 13.2. The van der Waals surface area contributed by atoms with E-state index in [2.05, 4.69) is 20.4 Å². The second kappa shape index (κ2) is 8.52. The second-order valence-electron chi connectivity index (χ2n) is 8.01. The molecule has 3 aliphatic rings. The molecule has 148 valence electrons. The van der Waals surface area contributed by atoms with Crippen LogP contribution in [0, 0.1) is 11.2 Å². The highest BCUT2D eigenvalue weighted by atomic mass is 19.1. The maximum absolute atomic E-state index is 13.6. The second-order valence-corrected chi connectivity index (χ2v) is 8.01. The molecule has 0 aliphatic carbocycles. The molecule has 7 heteroatoms. The lowest BCUT2D eigenvalue weighted by Gasteiger charge is -2.41. The van der Waals surface area contributed by atoms with Crippen LogP contribution in [0.5, 0.6) is 0 Å². The molecule has 1 atom stereocenters. The lowest BCUT2D eigenvalue weighted by Crippen LogP contribution is -2.49. The van der Waals surface area contributed by atoms with Crippen LogP contribution in [-0.2, 0) is 16.0 Å². The predicted molar refractivity (Wildman–Crippen MR) is 101 cm³/mol. The highest BCUT2D eigenvalue weighted by Gasteiger charge is 2.42. The Labute approximate surface area is 160 Å². The lowest BCUT2D eigenvalue weighted by atomic mass is 9.74. The van der Waals surface area contributed by atoms with Crippen molar-refractivity contribution in [3.8, 4) is 0 Å². The SMILES string of the molecule is Fc1cncc(CC2(C3=NOC[C@@H](CN4CCCCC4)O3)CCNCC2)c1. The van der Waals surface area contributed by atoms with Gasteiger partial charge in [0.25, 0.3) is 0 Å². The molecule has 0 unspecified atom stereocenters. The summed E-state index contributed by atoms with van der Waals surface area (Å²) in [6.45, 7) is 5.43. The first kappa shape index (κ1) is 18.6. The van der Waals surface area contributed by atoms with Crippen molar-refractivity contribution in [2.24, 2.45) is 10.6 Å². The molecule has 4 rings (SSSR count). The zero-order valence-electron chi connectivity index (χ0n) is 15.8. The van der Waals surface area contributed by atoms with Crippen molar-refractivity contribution in [3.63, 3.8) is 0 Å². The largest absolute Gasteiger partial charge is 0.470 e. The summed E-state index contributed by atoms with van der Waals surface area (Å²) in [6.07, 6.45) is 9.28. The number of piperidine rings is 2. The van der Waals surface area contributed by atoms with Crippen LogP contribution in [0.1, 0.15) is 37.7 Å². The normalized spacial score (nSPS) is 26.0. The van der Waals surface area contributed by atoms with Gasteiger partial charge in [0.1, 0.15) is 11.9 Å². The molecule has 0 radical (unpaired) electrons. The van der Waals surface area contributed by atoms with Crippen LogP contribution in [0.3, 0.4) is 0 Å². The van der Waals surface area contributed by atoms with Gasteiger partial charge in [-0.05, 0) is 69.9 Å². The summed E-state index contributed by atoms with van der Waals surface area (Å²) in [6, 6.07) is 1.56. The molecule has 1 N–H and O–H groups in total. The molecule has 2 fully saturated rings. The molecule has 0 aromatic carbocycles. The minimum absolute atomic E-state index is 0.00740. The third-order valence-corrected chi connectivity index (χ3v) is 5.92. The molecule has 0 bridgehead atoms. The van der Waals surface area contributed by atoms with E-state index in [1.165, 1.54) is 25.5 Å². The van der Waals surface area contributed by atoms with Gasteiger partial charge in [0, 0.05) is 12.7 Å². The van der Waals surface area contributed by atoms with E-state index in [4.69, 9.17) is 9.57 Å². The van der Waals surface area contributed by atoms with Crippen molar-refractivity contribution in [1.29, 1.82) is 0 Å². The Bertz CT molecular complexity index is 657. The maximum Gasteiger partial charge on any atom is 0.232 e. The number of aromatic nitrogens is 1. The Morgan fingerprint density at radius 1 is 1.19 bits per heavy atom. The van der Waals surface area contributed by atoms with Gasteiger partial charge in [0.2, 0.25) is 5.90 Å². The van der Waals surface area contributed by atoms with Crippen molar-refractivity contribution >= 4 is 5.90 Å². The minimum atomic E-state index is -0.303. The Balaban J connectivity index is 1.48. The average Bonchev–Trinajstić information content (AvgIpc) is 2.70. The van der Waals surface area contributed by atoms with E-state index in [1.807, 2.05) is 0 Å². The smallest absolute Gasteiger partial charge is 0.232 e. The van der Waals surface area contributed by atoms with Crippen LogP contribution in [0.15, 0.2) is 23.6 Å². The highest BCUT2D eigenvalue weighted by molar-refractivity contribution is 5.83. The fourth-order valence-corrected chi connectivity index (χ4v) is 4.45. The topological polar surface area (TPSA) is 59.0 Å². The van der Waals surface area contributed by atoms with E-state index in [0.717, 1.165) is 51.1 Å². The lowest BCUT2D eigenvalue weighted by molar-refractivity contribution is -0.0242. The van der Waals surface area contributed by atoms with Crippen molar-refractivity contribution in [2.75, 3.05) is 39.3 Å². The fraction of sp³-hybridized carbons (Fsp3) is 0.700. The summed E-state index contributed by atoms with van der Waals surface area (Å²) in [4.78, 5) is 12.1. The number of likely N-dealkylation sites (tertiary alicyclic amines) is 1. The molecule has 27 heavy (non-hydrogen) atoms. The van der Waals surface area contributed by atoms with E-state index < -0.39 is 0 Å². The van der Waals surface area contributed by atoms with E-state index in [9.17, 15) is 4.39 Å². The van der Waals surface area contributed by atoms with Crippen LogP contribution in [0.4, 0.5) is 4.39 Å². The van der Waals surface area contributed by atoms with Gasteiger partial charge in [-0.3, -0.25) is 9.88 Å². The first-order valence-electron chi connectivity index (χ1n) is 10.1. The van der Waals surface area contributed by atoms with Crippen molar-refractivity contribution in [3.05, 3.63) is 29.8 Å². The Kier molecular flexibility index (Phi) is 5.88. The molecule has 2 saturated heterocycles. The predicted octanol–water partition coefficient (Wildman–Crippen LogP) is 2.35. The number of rotatable bonds is 5. The zero-order chi connectivity index (χ0) is 18.5. The fourth-order valence-electron chi connectivity index (χ4n) is 4.45. The van der Waals surface area contributed by atoms with Gasteiger partial charge >= 0.3 is 0 Å². The summed E-state index contributed by atoms with van der Waals surface area (Å²) < 4.78 is 20.0. The molecule has 1 aromatic rings. The minimum Gasteiger partial charge on any atom is -0.470 e. The molecule has 1 aromatic heterocycles. The van der Waals surface area contributed by atoms with Crippen LogP contribution >= 0.6 is 0 Å². The number of hydrogen-bond donors (Lipinski definition) is 1. The van der Waals surface area contributed by atoms with Crippen LogP contribution in [0.2, 0.25) is 0 Å². The quantitative estimate of drug-likeness (QED) is 0.855. The number of halogens is 1. The van der Waals surface area contributed by atoms with Gasteiger partial charge in [0.05, 0.1) is 11.6 Å². The van der Waals surface area contributed by atoms with Crippen molar-refractivity contribution < 1.29 is 14.0 Å². The molecule has 6 nitrogen and oxygen atoms in total. The maximum atomic E-state index is 13.6. The molecule has 4 heterocycles. The number of ether oxygens (including phenoxy) is 1. The van der Waals surface area contributed by atoms with Gasteiger partial charge in [-0.1, -0.05) is 11.6 Å². The monoisotopic (exact) mass is 376 g/mol. The van der Waals surface area contributed by atoms with Gasteiger partial charge in [-0.2, -0.15) is 0 Å². The van der Waals surface area contributed by atoms with E-state index >= 15 is 0 Å². The summed E-state index contributed by atoms with van der Waals surface area (Å²) >= 11 is 0. The third-order valence-electron chi connectivity index (χ3n) is 5.92. The van der Waals surface area contributed by atoms with Crippen molar-refractivity contribution in [1.82, 2.24) is 15.2 Å². The molecular weight excluding hydrogens is 347 g/mol. The molecule has 3 aliphatic heterocycles. The van der Waals surface area contributed by atoms with E-state index in [1.54, 1.807) is 12.3 Å². The Morgan fingerprint density at radius 2 is 2.00 bits per heavy atom. The third kappa shape index (κ3) is 4.58. The van der Waals surface area contributed by atoms with Crippen LogP contribution < -0.4 is 5.32 Å². The summed E-state index contributed by atoms with van der Waals surface area (Å²) in [5.74, 6) is 0.379. The summed E-state index contributed by atoms with van der Waals surface area (Å²) in [5, 5.41) is 7.72. The molecular formula is C20H29FN4O2. The molecule has 0 saturated carbocycles. The number of oxime groups is 1. The van der Waals surface area contributed by atoms with Gasteiger partial charge in [-0.25, -0.2) is 4.39 Å². The van der Waals surface area contributed by atoms with E-state index in [-0.39, 0.29) is 17.3 Å². The van der Waals surface area contributed by atoms with Gasteiger partial charge in [-0.15, -0.1) is 0 Å². The molecule has 0 spiro atoms. The van der Waals surface area contributed by atoms with Crippen LogP contribution in [0.25, 0.3) is 0 Å². The average molecular weight is 376 g/mol. The first-order valence-corrected chi connectivity index (χ1v) is 10.1. The van der Waals surface area contributed by atoms with Gasteiger partial charge in [0.15, 0.2) is 6.61 Å². The number of pyridine rings is 1.